The molecular weight excluding hydrogens is 289 g/mol. The van der Waals surface area contributed by atoms with E-state index in [1.165, 1.54) is 30.3 Å². The normalized spacial score (nSPS) is 9.86. The maximum atomic E-state index is 13.8. The number of nitro groups is 1. The Morgan fingerprint density at radius 1 is 1.32 bits per heavy atom. The highest BCUT2D eigenvalue weighted by Gasteiger charge is 2.15. The maximum absolute atomic E-state index is 13.8. The molecule has 2 aromatic carbocycles. The second kappa shape index (κ2) is 6.01. The zero-order valence-corrected chi connectivity index (χ0v) is 11.5. The molecule has 0 aliphatic heterocycles. The van der Waals surface area contributed by atoms with Crippen LogP contribution >= 0.6 is 0 Å². The Morgan fingerprint density at radius 2 is 2.05 bits per heavy atom. The monoisotopic (exact) mass is 299 g/mol. The van der Waals surface area contributed by atoms with E-state index < -0.39 is 16.6 Å². The number of nitrogens with zero attached hydrogens (tertiary/aromatic N) is 2. The number of non-ortho nitro benzene ring substituents is 1. The first-order chi connectivity index (χ1) is 10.4. The molecule has 7 heteroatoms. The van der Waals surface area contributed by atoms with Gasteiger partial charge in [-0.2, -0.15) is 5.26 Å². The number of hydrogen-bond donors (Lipinski definition) is 1. The number of nitrogens with one attached hydrogen (secondary N) is 1. The Kier molecular flexibility index (Phi) is 4.13. The summed E-state index contributed by atoms with van der Waals surface area (Å²) in [6.07, 6.45) is 0. The lowest BCUT2D eigenvalue weighted by Gasteiger charge is -2.09. The SMILES string of the molecule is Cc1ccc([N+](=O)[O-])cc1NC(=O)c1ccc(C#N)cc1F. The van der Waals surface area contributed by atoms with E-state index >= 15 is 0 Å². The lowest BCUT2D eigenvalue weighted by atomic mass is 10.1. The van der Waals surface area contributed by atoms with Gasteiger partial charge in [-0.1, -0.05) is 6.07 Å². The summed E-state index contributed by atoms with van der Waals surface area (Å²) in [4.78, 5) is 22.2. The van der Waals surface area contributed by atoms with Gasteiger partial charge in [0.15, 0.2) is 0 Å². The number of anilines is 1. The van der Waals surface area contributed by atoms with Crippen LogP contribution in [0.2, 0.25) is 0 Å². The molecule has 0 aliphatic carbocycles. The zero-order chi connectivity index (χ0) is 16.3. The summed E-state index contributed by atoms with van der Waals surface area (Å²) in [6.45, 7) is 1.66. The summed E-state index contributed by atoms with van der Waals surface area (Å²) in [5.41, 5.74) is 0.502. The van der Waals surface area contributed by atoms with Crippen LogP contribution in [0.5, 0.6) is 0 Å². The lowest BCUT2D eigenvalue weighted by molar-refractivity contribution is -0.384. The topological polar surface area (TPSA) is 96.0 Å². The molecule has 0 aromatic heterocycles. The molecule has 110 valence electrons. The van der Waals surface area contributed by atoms with Crippen LogP contribution in [0.3, 0.4) is 0 Å². The van der Waals surface area contributed by atoms with Gasteiger partial charge in [0, 0.05) is 12.1 Å². The van der Waals surface area contributed by atoms with E-state index in [0.717, 1.165) is 6.07 Å². The highest BCUT2D eigenvalue weighted by molar-refractivity contribution is 6.05. The Hall–Kier alpha value is -3.27. The first kappa shape index (κ1) is 15.1. The number of nitriles is 1. The highest BCUT2D eigenvalue weighted by Crippen LogP contribution is 2.23. The molecule has 0 saturated heterocycles. The number of amides is 1. The Morgan fingerprint density at radius 3 is 2.64 bits per heavy atom. The van der Waals surface area contributed by atoms with E-state index in [9.17, 15) is 19.3 Å². The van der Waals surface area contributed by atoms with Crippen LogP contribution in [0.25, 0.3) is 0 Å². The summed E-state index contributed by atoms with van der Waals surface area (Å²) < 4.78 is 13.8. The predicted octanol–water partition coefficient (Wildman–Crippen LogP) is 3.17. The molecule has 0 unspecified atom stereocenters. The molecule has 0 fully saturated rings. The molecule has 0 aliphatic rings. The molecule has 2 rings (SSSR count). The summed E-state index contributed by atoms with van der Waals surface area (Å²) in [5.74, 6) is -1.58. The van der Waals surface area contributed by atoms with E-state index in [0.29, 0.717) is 5.56 Å². The van der Waals surface area contributed by atoms with Gasteiger partial charge in [0.2, 0.25) is 0 Å². The Balaban J connectivity index is 2.31. The average Bonchev–Trinajstić information content (AvgIpc) is 2.48. The minimum atomic E-state index is -0.834. The molecule has 1 N–H and O–H groups in total. The van der Waals surface area contributed by atoms with Gasteiger partial charge in [0.1, 0.15) is 5.82 Å². The van der Waals surface area contributed by atoms with Gasteiger partial charge in [0.05, 0.1) is 27.8 Å². The van der Waals surface area contributed by atoms with Crippen LogP contribution in [0.1, 0.15) is 21.5 Å². The first-order valence-corrected chi connectivity index (χ1v) is 6.18. The standard InChI is InChI=1S/C15H10FN3O3/c1-9-2-4-11(19(21)22)7-14(9)18-15(20)12-5-3-10(8-17)6-13(12)16/h2-7H,1H3,(H,18,20). The van der Waals surface area contributed by atoms with E-state index in [4.69, 9.17) is 5.26 Å². The lowest BCUT2D eigenvalue weighted by Crippen LogP contribution is -2.14. The summed E-state index contributed by atoms with van der Waals surface area (Å²) in [5, 5.41) is 21.8. The van der Waals surface area contributed by atoms with E-state index in [1.54, 1.807) is 13.0 Å². The fraction of sp³-hybridized carbons (Fsp3) is 0.0667. The van der Waals surface area contributed by atoms with Gasteiger partial charge >= 0.3 is 0 Å². The van der Waals surface area contributed by atoms with Crippen molar-refractivity contribution in [2.45, 2.75) is 6.92 Å². The van der Waals surface area contributed by atoms with Gasteiger partial charge in [-0.25, -0.2) is 4.39 Å². The number of rotatable bonds is 3. The summed E-state index contributed by atoms with van der Waals surface area (Å²) >= 11 is 0. The number of halogens is 1. The van der Waals surface area contributed by atoms with Crippen LogP contribution in [0, 0.1) is 34.2 Å². The van der Waals surface area contributed by atoms with Gasteiger partial charge in [0.25, 0.3) is 11.6 Å². The molecule has 0 saturated carbocycles. The highest BCUT2D eigenvalue weighted by atomic mass is 19.1. The molecule has 22 heavy (non-hydrogen) atoms. The van der Waals surface area contributed by atoms with Crippen molar-refractivity contribution < 1.29 is 14.1 Å². The molecule has 6 nitrogen and oxygen atoms in total. The molecule has 0 radical (unpaired) electrons. The second-order valence-electron chi connectivity index (χ2n) is 4.52. The van der Waals surface area contributed by atoms with Crippen molar-refractivity contribution in [1.29, 1.82) is 5.26 Å². The Labute approximate surface area is 125 Å². The number of carbonyl (C=O) groups excluding carboxylic acids is 1. The molecule has 0 heterocycles. The van der Waals surface area contributed by atoms with E-state index in [2.05, 4.69) is 5.32 Å². The third kappa shape index (κ3) is 3.07. The molecule has 0 atom stereocenters. The fourth-order valence-electron chi connectivity index (χ4n) is 1.82. The molecule has 0 bridgehead atoms. The van der Waals surface area contributed by atoms with E-state index in [1.807, 2.05) is 0 Å². The molecule has 0 spiro atoms. The third-order valence-electron chi connectivity index (χ3n) is 3.02. The summed E-state index contributed by atoms with van der Waals surface area (Å²) in [6, 6.07) is 9.23. The van der Waals surface area contributed by atoms with Crippen LogP contribution in [0.15, 0.2) is 36.4 Å². The van der Waals surface area contributed by atoms with Crippen molar-refractivity contribution in [3.05, 3.63) is 69.0 Å². The third-order valence-corrected chi connectivity index (χ3v) is 3.02. The minimum Gasteiger partial charge on any atom is -0.321 e. The van der Waals surface area contributed by atoms with Crippen molar-refractivity contribution in [3.63, 3.8) is 0 Å². The van der Waals surface area contributed by atoms with Crippen molar-refractivity contribution in [2.24, 2.45) is 0 Å². The average molecular weight is 299 g/mol. The largest absolute Gasteiger partial charge is 0.321 e. The van der Waals surface area contributed by atoms with Crippen molar-refractivity contribution in [3.8, 4) is 6.07 Å². The fourth-order valence-corrected chi connectivity index (χ4v) is 1.82. The van der Waals surface area contributed by atoms with Gasteiger partial charge in [-0.3, -0.25) is 14.9 Å². The van der Waals surface area contributed by atoms with Crippen molar-refractivity contribution in [1.82, 2.24) is 0 Å². The van der Waals surface area contributed by atoms with Gasteiger partial charge in [-0.15, -0.1) is 0 Å². The van der Waals surface area contributed by atoms with Crippen molar-refractivity contribution >= 4 is 17.3 Å². The minimum absolute atomic E-state index is 0.0978. The van der Waals surface area contributed by atoms with Gasteiger partial charge in [-0.05, 0) is 30.7 Å². The van der Waals surface area contributed by atoms with E-state index in [-0.39, 0.29) is 22.5 Å². The van der Waals surface area contributed by atoms with Crippen LogP contribution in [-0.2, 0) is 0 Å². The number of benzene rings is 2. The number of nitro benzene ring substituents is 1. The quantitative estimate of drug-likeness (QED) is 0.695. The number of hydrogen-bond acceptors (Lipinski definition) is 4. The molecular formula is C15H10FN3O3. The second-order valence-corrected chi connectivity index (χ2v) is 4.52. The van der Waals surface area contributed by atoms with Gasteiger partial charge < -0.3 is 5.32 Å². The zero-order valence-electron chi connectivity index (χ0n) is 11.5. The van der Waals surface area contributed by atoms with Crippen molar-refractivity contribution in [2.75, 3.05) is 5.32 Å². The number of aryl methyl sites for hydroxylation is 1. The Bertz CT molecular complexity index is 812. The molecule has 1 amide bonds. The smallest absolute Gasteiger partial charge is 0.271 e. The molecule has 2 aromatic rings. The maximum Gasteiger partial charge on any atom is 0.271 e. The predicted molar refractivity (Wildman–Crippen MR) is 76.9 cm³/mol. The van der Waals surface area contributed by atoms with Crippen LogP contribution in [-0.4, -0.2) is 10.8 Å². The van der Waals surface area contributed by atoms with Crippen LogP contribution in [0.4, 0.5) is 15.8 Å². The number of carbonyl (C=O) groups is 1. The van der Waals surface area contributed by atoms with Crippen LogP contribution < -0.4 is 5.32 Å². The summed E-state index contributed by atoms with van der Waals surface area (Å²) in [7, 11) is 0. The first-order valence-electron chi connectivity index (χ1n) is 6.18.